The predicted octanol–water partition coefficient (Wildman–Crippen LogP) is 4.20. The van der Waals surface area contributed by atoms with Gasteiger partial charge in [-0.05, 0) is 43.0 Å². The summed E-state index contributed by atoms with van der Waals surface area (Å²) < 4.78 is 38.3. The number of hydrogen-bond acceptors (Lipinski definition) is 3. The Hall–Kier alpha value is -1.73. The summed E-state index contributed by atoms with van der Waals surface area (Å²) in [6, 6.07) is 7.54. The lowest BCUT2D eigenvalue weighted by molar-refractivity contribution is -0.141. The molecule has 2 aliphatic rings. The lowest BCUT2D eigenvalue weighted by atomic mass is 9.94. The number of alkyl halides is 3. The smallest absolute Gasteiger partial charge is 0.384 e. The van der Waals surface area contributed by atoms with Crippen molar-refractivity contribution in [2.24, 2.45) is 0 Å². The second-order valence-corrected chi connectivity index (χ2v) is 6.91. The molecule has 0 bridgehead atoms. The van der Waals surface area contributed by atoms with Gasteiger partial charge in [0.1, 0.15) is 0 Å². The average molecular weight is 387 g/mol. The normalized spacial score (nSPS) is 20.3. The minimum atomic E-state index is -4.39. The van der Waals surface area contributed by atoms with Gasteiger partial charge in [0.05, 0.1) is 0 Å². The van der Waals surface area contributed by atoms with Crippen molar-refractivity contribution in [1.29, 1.82) is 0 Å². The molecule has 142 valence electrons. The third-order valence-corrected chi connectivity index (χ3v) is 5.16. The molecule has 2 N–H and O–H groups in total. The topological polar surface area (TPSA) is 44.0 Å². The molecule has 0 aliphatic carbocycles. The molecule has 4 rings (SSSR count). The Kier molecular flexibility index (Phi) is 5.48. The first-order valence-electron chi connectivity index (χ1n) is 8.70. The standard InChI is InChI=1S/C18H21F3N4.ClH/c19-18(20,21)16-9-15(23-24-16)13-5-2-8-25(10-13)11-14-4-1-3-12-6-7-22-17(12)14;/h1,3-4,9,13,22H,2,5-8,10-11H2,(H,23,24);1H. The molecular weight excluding hydrogens is 365 g/mol. The quantitative estimate of drug-likeness (QED) is 0.831. The number of nitrogens with one attached hydrogen (secondary N) is 2. The summed E-state index contributed by atoms with van der Waals surface area (Å²) in [4.78, 5) is 2.33. The summed E-state index contributed by atoms with van der Waals surface area (Å²) in [6.45, 7) is 3.53. The number of anilines is 1. The van der Waals surface area contributed by atoms with E-state index in [0.29, 0.717) is 5.69 Å². The molecule has 0 saturated carbocycles. The van der Waals surface area contributed by atoms with E-state index in [0.717, 1.165) is 51.5 Å². The fraction of sp³-hybridized carbons (Fsp3) is 0.500. The molecular formula is C18H22ClF3N4. The number of piperidine rings is 1. The van der Waals surface area contributed by atoms with E-state index in [2.05, 4.69) is 38.6 Å². The van der Waals surface area contributed by atoms with Gasteiger partial charge in [-0.1, -0.05) is 18.2 Å². The van der Waals surface area contributed by atoms with Crippen LogP contribution in [0.1, 0.15) is 41.3 Å². The molecule has 1 unspecified atom stereocenters. The third-order valence-electron chi connectivity index (χ3n) is 5.16. The molecule has 1 aromatic heterocycles. The summed E-state index contributed by atoms with van der Waals surface area (Å²) in [6.07, 6.45) is -1.46. The van der Waals surface area contributed by atoms with Crippen molar-refractivity contribution in [3.63, 3.8) is 0 Å². The van der Waals surface area contributed by atoms with Gasteiger partial charge in [0.2, 0.25) is 0 Å². The van der Waals surface area contributed by atoms with Gasteiger partial charge in [0.25, 0.3) is 0 Å². The Bertz CT molecular complexity index is 759. The molecule has 1 atom stereocenters. The molecule has 4 nitrogen and oxygen atoms in total. The Labute approximate surface area is 156 Å². The van der Waals surface area contributed by atoms with Crippen LogP contribution in [-0.4, -0.2) is 34.7 Å². The van der Waals surface area contributed by atoms with Crippen LogP contribution in [0.25, 0.3) is 0 Å². The number of halogens is 4. The highest BCUT2D eigenvalue weighted by molar-refractivity contribution is 5.85. The molecule has 1 fully saturated rings. The van der Waals surface area contributed by atoms with Crippen LogP contribution in [-0.2, 0) is 19.1 Å². The maximum atomic E-state index is 12.8. The molecule has 0 amide bonds. The van der Waals surface area contributed by atoms with E-state index in [-0.39, 0.29) is 18.3 Å². The van der Waals surface area contributed by atoms with Gasteiger partial charge in [-0.3, -0.25) is 10.00 Å². The zero-order valence-corrected chi connectivity index (χ0v) is 15.1. The van der Waals surface area contributed by atoms with Gasteiger partial charge in [0.15, 0.2) is 5.69 Å². The number of aromatic nitrogens is 2. The highest BCUT2D eigenvalue weighted by Crippen LogP contribution is 2.33. The number of para-hydroxylation sites is 1. The summed E-state index contributed by atoms with van der Waals surface area (Å²) in [5.41, 5.74) is 3.63. The number of hydrogen-bond donors (Lipinski definition) is 2. The van der Waals surface area contributed by atoms with E-state index in [1.54, 1.807) is 0 Å². The maximum absolute atomic E-state index is 12.8. The van der Waals surface area contributed by atoms with Crippen molar-refractivity contribution >= 4 is 18.1 Å². The van der Waals surface area contributed by atoms with Crippen LogP contribution < -0.4 is 5.32 Å². The zero-order chi connectivity index (χ0) is 17.4. The van der Waals surface area contributed by atoms with E-state index in [4.69, 9.17) is 0 Å². The van der Waals surface area contributed by atoms with E-state index < -0.39 is 11.9 Å². The van der Waals surface area contributed by atoms with Crippen molar-refractivity contribution in [3.8, 4) is 0 Å². The zero-order valence-electron chi connectivity index (χ0n) is 14.3. The molecule has 1 saturated heterocycles. The van der Waals surface area contributed by atoms with Gasteiger partial charge in [-0.2, -0.15) is 18.3 Å². The minimum Gasteiger partial charge on any atom is -0.384 e. The lowest BCUT2D eigenvalue weighted by Crippen LogP contribution is -2.34. The summed E-state index contributed by atoms with van der Waals surface area (Å²) in [7, 11) is 0. The van der Waals surface area contributed by atoms with Crippen LogP contribution in [0.15, 0.2) is 24.3 Å². The first kappa shape index (κ1) is 19.0. The molecule has 26 heavy (non-hydrogen) atoms. The second kappa shape index (κ2) is 7.48. The maximum Gasteiger partial charge on any atom is 0.435 e. The average Bonchev–Trinajstić information content (AvgIpc) is 3.25. The fourth-order valence-electron chi connectivity index (χ4n) is 3.93. The second-order valence-electron chi connectivity index (χ2n) is 6.91. The van der Waals surface area contributed by atoms with Gasteiger partial charge >= 0.3 is 6.18 Å². The fourth-order valence-corrected chi connectivity index (χ4v) is 3.93. The Balaban J connectivity index is 0.00000196. The van der Waals surface area contributed by atoms with Crippen molar-refractivity contribution in [3.05, 3.63) is 46.8 Å². The number of H-pyrrole nitrogens is 1. The number of nitrogens with zero attached hydrogens (tertiary/aromatic N) is 2. The van der Waals surface area contributed by atoms with Crippen LogP contribution in [0.4, 0.5) is 18.9 Å². The summed E-state index contributed by atoms with van der Waals surface area (Å²) in [5, 5.41) is 9.49. The number of fused-ring (bicyclic) bond motifs is 1. The van der Waals surface area contributed by atoms with E-state index >= 15 is 0 Å². The van der Waals surface area contributed by atoms with Crippen LogP contribution in [0.3, 0.4) is 0 Å². The Morgan fingerprint density at radius 1 is 1.27 bits per heavy atom. The molecule has 3 heterocycles. The van der Waals surface area contributed by atoms with E-state index in [1.165, 1.54) is 16.8 Å². The SMILES string of the molecule is Cl.FC(F)(F)c1cc(C2CCCN(Cc3cccc4c3NCC4)C2)[nH]n1. The molecule has 1 aromatic carbocycles. The lowest BCUT2D eigenvalue weighted by Gasteiger charge is -2.32. The molecule has 0 spiro atoms. The first-order valence-corrected chi connectivity index (χ1v) is 8.70. The van der Waals surface area contributed by atoms with Crippen molar-refractivity contribution < 1.29 is 13.2 Å². The third kappa shape index (κ3) is 3.83. The van der Waals surface area contributed by atoms with E-state index in [1.807, 2.05) is 0 Å². The van der Waals surface area contributed by atoms with Crippen LogP contribution in [0, 0.1) is 0 Å². The predicted molar refractivity (Wildman–Crippen MR) is 96.7 cm³/mol. The van der Waals surface area contributed by atoms with Crippen LogP contribution in [0.2, 0.25) is 0 Å². The van der Waals surface area contributed by atoms with Gasteiger partial charge in [0, 0.05) is 36.9 Å². The first-order chi connectivity index (χ1) is 12.0. The largest absolute Gasteiger partial charge is 0.435 e. The molecule has 2 aromatic rings. The monoisotopic (exact) mass is 386 g/mol. The highest BCUT2D eigenvalue weighted by Gasteiger charge is 2.35. The number of rotatable bonds is 3. The van der Waals surface area contributed by atoms with Crippen molar-refractivity contribution in [1.82, 2.24) is 15.1 Å². The molecule has 2 aliphatic heterocycles. The minimum absolute atomic E-state index is 0. The van der Waals surface area contributed by atoms with Crippen molar-refractivity contribution in [2.45, 2.75) is 37.9 Å². The van der Waals surface area contributed by atoms with Crippen molar-refractivity contribution in [2.75, 3.05) is 25.0 Å². The van der Waals surface area contributed by atoms with Gasteiger partial charge in [-0.25, -0.2) is 0 Å². The highest BCUT2D eigenvalue weighted by atomic mass is 35.5. The Morgan fingerprint density at radius 3 is 2.88 bits per heavy atom. The number of benzene rings is 1. The molecule has 0 radical (unpaired) electrons. The van der Waals surface area contributed by atoms with Crippen LogP contribution in [0.5, 0.6) is 0 Å². The van der Waals surface area contributed by atoms with Crippen LogP contribution >= 0.6 is 12.4 Å². The molecule has 8 heteroatoms. The number of likely N-dealkylation sites (tertiary alicyclic amines) is 1. The number of aromatic amines is 1. The van der Waals surface area contributed by atoms with Gasteiger partial charge < -0.3 is 5.32 Å². The summed E-state index contributed by atoms with van der Waals surface area (Å²) in [5.74, 6) is 0.0714. The van der Waals surface area contributed by atoms with E-state index in [9.17, 15) is 13.2 Å². The Morgan fingerprint density at radius 2 is 2.12 bits per heavy atom. The van der Waals surface area contributed by atoms with Gasteiger partial charge in [-0.15, -0.1) is 12.4 Å². The summed E-state index contributed by atoms with van der Waals surface area (Å²) >= 11 is 0.